The SMILES string of the molecule is CCN(CC(=O)Nc1ccccc1OC)CC(=O)N1c2ccccc2NC(=O)C[C@@H]1C. The van der Waals surface area contributed by atoms with Crippen molar-refractivity contribution in [3.05, 3.63) is 48.5 Å². The van der Waals surface area contributed by atoms with Gasteiger partial charge in [0.15, 0.2) is 0 Å². The highest BCUT2D eigenvalue weighted by Gasteiger charge is 2.30. The molecule has 0 radical (unpaired) electrons. The molecule has 2 aromatic rings. The Morgan fingerprint density at radius 2 is 1.87 bits per heavy atom. The molecule has 0 aliphatic carbocycles. The van der Waals surface area contributed by atoms with E-state index in [0.29, 0.717) is 29.4 Å². The van der Waals surface area contributed by atoms with Gasteiger partial charge in [0.2, 0.25) is 17.7 Å². The molecule has 1 aliphatic rings. The highest BCUT2D eigenvalue weighted by atomic mass is 16.5. The van der Waals surface area contributed by atoms with E-state index in [1.54, 1.807) is 35.1 Å². The summed E-state index contributed by atoms with van der Waals surface area (Å²) in [6.07, 6.45) is 0.209. The molecule has 31 heavy (non-hydrogen) atoms. The lowest BCUT2D eigenvalue weighted by Gasteiger charge is -2.30. The Morgan fingerprint density at radius 1 is 1.16 bits per heavy atom. The van der Waals surface area contributed by atoms with Gasteiger partial charge in [0.25, 0.3) is 0 Å². The van der Waals surface area contributed by atoms with Crippen molar-refractivity contribution in [2.75, 3.05) is 42.3 Å². The van der Waals surface area contributed by atoms with E-state index >= 15 is 0 Å². The maximum Gasteiger partial charge on any atom is 0.241 e. The van der Waals surface area contributed by atoms with Gasteiger partial charge in [-0.2, -0.15) is 0 Å². The largest absolute Gasteiger partial charge is 0.495 e. The molecule has 2 N–H and O–H groups in total. The van der Waals surface area contributed by atoms with Crippen LogP contribution in [0.1, 0.15) is 20.3 Å². The van der Waals surface area contributed by atoms with E-state index in [4.69, 9.17) is 4.74 Å². The summed E-state index contributed by atoms with van der Waals surface area (Å²) >= 11 is 0. The molecule has 1 heterocycles. The van der Waals surface area contributed by atoms with E-state index in [0.717, 1.165) is 0 Å². The fourth-order valence-corrected chi connectivity index (χ4v) is 3.66. The number of nitrogens with zero attached hydrogens (tertiary/aromatic N) is 2. The molecular formula is C23H28N4O4. The number of para-hydroxylation sites is 4. The highest BCUT2D eigenvalue weighted by molar-refractivity contribution is 6.05. The lowest BCUT2D eigenvalue weighted by Crippen LogP contribution is -2.46. The van der Waals surface area contributed by atoms with Crippen LogP contribution in [-0.4, -0.2) is 55.4 Å². The van der Waals surface area contributed by atoms with Crippen LogP contribution in [0.4, 0.5) is 17.1 Å². The third-order valence-electron chi connectivity index (χ3n) is 5.18. The molecule has 164 valence electrons. The van der Waals surface area contributed by atoms with Crippen LogP contribution in [-0.2, 0) is 14.4 Å². The lowest BCUT2D eigenvalue weighted by molar-refractivity contribution is -0.121. The van der Waals surface area contributed by atoms with Crippen molar-refractivity contribution in [3.63, 3.8) is 0 Å². The second kappa shape index (κ2) is 10.1. The number of amides is 3. The molecule has 0 aromatic heterocycles. The quantitative estimate of drug-likeness (QED) is 0.713. The van der Waals surface area contributed by atoms with Crippen molar-refractivity contribution in [3.8, 4) is 5.75 Å². The Hall–Kier alpha value is -3.39. The van der Waals surface area contributed by atoms with E-state index in [1.165, 1.54) is 0 Å². The average molecular weight is 425 g/mol. The monoisotopic (exact) mass is 424 g/mol. The number of methoxy groups -OCH3 is 1. The number of nitrogens with one attached hydrogen (secondary N) is 2. The Balaban J connectivity index is 1.70. The molecule has 0 bridgehead atoms. The summed E-state index contributed by atoms with van der Waals surface area (Å²) in [6.45, 7) is 4.38. The third-order valence-corrected chi connectivity index (χ3v) is 5.18. The minimum Gasteiger partial charge on any atom is -0.495 e. The molecule has 2 aromatic carbocycles. The molecule has 3 rings (SSSR count). The van der Waals surface area contributed by atoms with Gasteiger partial charge in [0.05, 0.1) is 37.3 Å². The number of hydrogen-bond donors (Lipinski definition) is 2. The van der Waals surface area contributed by atoms with E-state index in [1.807, 2.05) is 44.2 Å². The van der Waals surface area contributed by atoms with Gasteiger partial charge in [-0.3, -0.25) is 19.3 Å². The molecule has 0 fully saturated rings. The van der Waals surface area contributed by atoms with Crippen molar-refractivity contribution < 1.29 is 19.1 Å². The minimum absolute atomic E-state index is 0.0569. The van der Waals surface area contributed by atoms with Crippen LogP contribution in [0.25, 0.3) is 0 Å². The second-order valence-electron chi connectivity index (χ2n) is 7.43. The fourth-order valence-electron chi connectivity index (χ4n) is 3.66. The van der Waals surface area contributed by atoms with Gasteiger partial charge in [-0.25, -0.2) is 0 Å². The Morgan fingerprint density at radius 3 is 2.61 bits per heavy atom. The van der Waals surface area contributed by atoms with Gasteiger partial charge in [-0.1, -0.05) is 31.2 Å². The zero-order valence-electron chi connectivity index (χ0n) is 18.1. The number of ether oxygens (including phenoxy) is 1. The summed E-state index contributed by atoms with van der Waals surface area (Å²) in [5.74, 6) is 0.0459. The number of carbonyl (C=O) groups is 3. The topological polar surface area (TPSA) is 91.0 Å². The highest BCUT2D eigenvalue weighted by Crippen LogP contribution is 2.31. The van der Waals surface area contributed by atoms with Gasteiger partial charge in [0.1, 0.15) is 5.75 Å². The van der Waals surface area contributed by atoms with Crippen LogP contribution in [0.15, 0.2) is 48.5 Å². The molecule has 0 saturated heterocycles. The fraction of sp³-hybridized carbons (Fsp3) is 0.348. The standard InChI is InChI=1S/C23H28N4O4/c1-4-26(14-22(29)25-18-10-6-8-12-20(18)31-3)15-23(30)27-16(2)13-21(28)24-17-9-5-7-11-19(17)27/h5-12,16H,4,13-15H2,1-3H3,(H,24,28)(H,25,29)/t16-/m0/s1. The first-order valence-electron chi connectivity index (χ1n) is 10.3. The zero-order chi connectivity index (χ0) is 22.4. The molecule has 1 atom stereocenters. The van der Waals surface area contributed by atoms with E-state index in [-0.39, 0.29) is 43.3 Å². The smallest absolute Gasteiger partial charge is 0.241 e. The molecule has 3 amide bonds. The molecular weight excluding hydrogens is 396 g/mol. The molecule has 0 unspecified atom stereocenters. The number of carbonyl (C=O) groups excluding carboxylic acids is 3. The van der Waals surface area contributed by atoms with Gasteiger partial charge < -0.3 is 20.3 Å². The normalized spacial score (nSPS) is 15.7. The summed E-state index contributed by atoms with van der Waals surface area (Å²) in [4.78, 5) is 41.4. The van der Waals surface area contributed by atoms with Crippen molar-refractivity contribution in [2.45, 2.75) is 26.3 Å². The van der Waals surface area contributed by atoms with Crippen LogP contribution in [0.5, 0.6) is 5.75 Å². The van der Waals surface area contributed by atoms with Crippen molar-refractivity contribution in [1.82, 2.24) is 4.90 Å². The Kier molecular flexibility index (Phi) is 7.25. The Labute approximate surface area is 182 Å². The maximum atomic E-state index is 13.2. The first-order valence-corrected chi connectivity index (χ1v) is 10.3. The number of rotatable bonds is 7. The summed E-state index contributed by atoms with van der Waals surface area (Å²) in [5, 5.41) is 5.69. The van der Waals surface area contributed by atoms with Crippen molar-refractivity contribution in [1.29, 1.82) is 0 Å². The van der Waals surface area contributed by atoms with E-state index in [9.17, 15) is 14.4 Å². The predicted octanol–water partition coefficient (Wildman–Crippen LogP) is 2.72. The maximum absolute atomic E-state index is 13.2. The van der Waals surface area contributed by atoms with E-state index < -0.39 is 0 Å². The number of likely N-dealkylation sites (N-methyl/N-ethyl adjacent to an activating group) is 1. The first-order chi connectivity index (χ1) is 14.9. The lowest BCUT2D eigenvalue weighted by atomic mass is 10.1. The number of hydrogen-bond acceptors (Lipinski definition) is 5. The van der Waals surface area contributed by atoms with Crippen LogP contribution in [0.2, 0.25) is 0 Å². The zero-order valence-corrected chi connectivity index (χ0v) is 18.1. The van der Waals surface area contributed by atoms with Crippen LogP contribution < -0.4 is 20.3 Å². The van der Waals surface area contributed by atoms with Gasteiger partial charge >= 0.3 is 0 Å². The van der Waals surface area contributed by atoms with E-state index in [2.05, 4.69) is 10.6 Å². The van der Waals surface area contributed by atoms with Crippen molar-refractivity contribution in [2.24, 2.45) is 0 Å². The van der Waals surface area contributed by atoms with Gasteiger partial charge in [-0.05, 0) is 37.7 Å². The first kappa shape index (κ1) is 22.3. The summed E-state index contributed by atoms with van der Waals surface area (Å²) in [5.41, 5.74) is 1.86. The van der Waals surface area contributed by atoms with Crippen LogP contribution in [0, 0.1) is 0 Å². The van der Waals surface area contributed by atoms with Gasteiger partial charge in [-0.15, -0.1) is 0 Å². The Bertz CT molecular complexity index is 962. The number of anilines is 3. The summed E-state index contributed by atoms with van der Waals surface area (Å²) in [7, 11) is 1.54. The molecule has 0 spiro atoms. The molecule has 8 nitrogen and oxygen atoms in total. The minimum atomic E-state index is -0.294. The number of benzene rings is 2. The molecule has 8 heteroatoms. The summed E-state index contributed by atoms with van der Waals surface area (Å²) < 4.78 is 5.26. The number of fused-ring (bicyclic) bond motifs is 1. The third kappa shape index (κ3) is 5.40. The van der Waals surface area contributed by atoms with Crippen LogP contribution in [0.3, 0.4) is 0 Å². The van der Waals surface area contributed by atoms with Crippen molar-refractivity contribution >= 4 is 34.8 Å². The van der Waals surface area contributed by atoms with Gasteiger partial charge in [0, 0.05) is 12.5 Å². The predicted molar refractivity (Wildman–Crippen MR) is 120 cm³/mol. The molecule has 1 aliphatic heterocycles. The second-order valence-corrected chi connectivity index (χ2v) is 7.43. The summed E-state index contributed by atoms with van der Waals surface area (Å²) in [6, 6.07) is 14.1. The average Bonchev–Trinajstić information content (AvgIpc) is 2.87. The van der Waals surface area contributed by atoms with Crippen LogP contribution >= 0.6 is 0 Å². The molecule has 0 saturated carbocycles.